The molecule has 138 valence electrons. The van der Waals surface area contributed by atoms with Crippen LogP contribution in [0.4, 0.5) is 5.69 Å². The van der Waals surface area contributed by atoms with Gasteiger partial charge in [0.1, 0.15) is 0 Å². The van der Waals surface area contributed by atoms with Gasteiger partial charge in [-0.1, -0.05) is 31.2 Å². The van der Waals surface area contributed by atoms with Crippen molar-refractivity contribution >= 4 is 27.6 Å². The molecule has 0 saturated heterocycles. The molecule has 1 amide bonds. The maximum atomic E-state index is 12.2. The predicted molar refractivity (Wildman–Crippen MR) is 97.3 cm³/mol. The van der Waals surface area contributed by atoms with Crippen LogP contribution in [-0.4, -0.2) is 32.9 Å². The molecular formula is C18H20N2O5S. The van der Waals surface area contributed by atoms with Gasteiger partial charge in [0.05, 0.1) is 10.5 Å². The van der Waals surface area contributed by atoms with E-state index in [9.17, 15) is 18.0 Å². The lowest BCUT2D eigenvalue weighted by atomic mass is 10.2. The first-order valence-corrected chi connectivity index (χ1v) is 9.48. The highest BCUT2D eigenvalue weighted by Crippen LogP contribution is 2.14. The van der Waals surface area contributed by atoms with Gasteiger partial charge in [0.25, 0.3) is 5.91 Å². The standard InChI is InChI=1S/C18H20N2O5S/c1-3-19-26(23,24)16-11-7-8-14(12-16)18(22)25-13(2)17(21)20-15-9-5-4-6-10-15/h4-13,19H,3H2,1-2H3,(H,20,21)/t13-/m1/s1. The number of carbonyl (C=O) groups excluding carboxylic acids is 2. The van der Waals surface area contributed by atoms with Crippen LogP contribution in [0.15, 0.2) is 59.5 Å². The Morgan fingerprint density at radius 1 is 1.08 bits per heavy atom. The van der Waals surface area contributed by atoms with Gasteiger partial charge in [-0.25, -0.2) is 17.9 Å². The van der Waals surface area contributed by atoms with E-state index in [4.69, 9.17) is 4.74 Å². The number of carbonyl (C=O) groups is 2. The fourth-order valence-electron chi connectivity index (χ4n) is 2.11. The predicted octanol–water partition coefficient (Wildman–Crippen LogP) is 2.17. The maximum Gasteiger partial charge on any atom is 0.338 e. The SMILES string of the molecule is CCNS(=O)(=O)c1cccc(C(=O)O[C@H](C)C(=O)Nc2ccccc2)c1. The molecule has 0 spiro atoms. The minimum atomic E-state index is -3.69. The van der Waals surface area contributed by atoms with Gasteiger partial charge >= 0.3 is 5.97 Å². The van der Waals surface area contributed by atoms with Crippen LogP contribution in [-0.2, 0) is 19.6 Å². The molecule has 0 saturated carbocycles. The fourth-order valence-corrected chi connectivity index (χ4v) is 3.20. The normalized spacial score (nSPS) is 12.2. The number of hydrogen-bond acceptors (Lipinski definition) is 5. The molecular weight excluding hydrogens is 356 g/mol. The van der Waals surface area contributed by atoms with E-state index in [0.29, 0.717) is 5.69 Å². The maximum absolute atomic E-state index is 12.2. The second-order valence-electron chi connectivity index (χ2n) is 5.43. The van der Waals surface area contributed by atoms with Gasteiger partial charge in [0.2, 0.25) is 10.0 Å². The number of nitrogens with one attached hydrogen (secondary N) is 2. The smallest absolute Gasteiger partial charge is 0.338 e. The van der Waals surface area contributed by atoms with Crippen molar-refractivity contribution in [1.29, 1.82) is 0 Å². The molecule has 0 aliphatic heterocycles. The van der Waals surface area contributed by atoms with E-state index >= 15 is 0 Å². The molecule has 2 aromatic carbocycles. The van der Waals surface area contributed by atoms with Crippen molar-refractivity contribution in [2.45, 2.75) is 24.8 Å². The van der Waals surface area contributed by atoms with Crippen LogP contribution in [0, 0.1) is 0 Å². The summed E-state index contributed by atoms with van der Waals surface area (Å²) in [4.78, 5) is 24.3. The molecule has 0 aromatic heterocycles. The Morgan fingerprint density at radius 2 is 1.77 bits per heavy atom. The number of anilines is 1. The Labute approximate surface area is 152 Å². The Balaban J connectivity index is 2.06. The summed E-state index contributed by atoms with van der Waals surface area (Å²) >= 11 is 0. The first kappa shape index (κ1) is 19.6. The molecule has 2 rings (SSSR count). The number of hydrogen-bond donors (Lipinski definition) is 2. The average Bonchev–Trinajstić information content (AvgIpc) is 2.62. The molecule has 26 heavy (non-hydrogen) atoms. The first-order chi connectivity index (χ1) is 12.3. The summed E-state index contributed by atoms with van der Waals surface area (Å²) in [6.07, 6.45) is -1.04. The molecule has 0 heterocycles. The van der Waals surface area contributed by atoms with Gasteiger partial charge in [0.15, 0.2) is 6.10 Å². The minimum absolute atomic E-state index is 0.0448. The Bertz CT molecular complexity index is 881. The van der Waals surface area contributed by atoms with Crippen LogP contribution in [0.3, 0.4) is 0 Å². The number of esters is 1. The van der Waals surface area contributed by atoms with Crippen LogP contribution in [0.5, 0.6) is 0 Å². The molecule has 0 aliphatic rings. The summed E-state index contributed by atoms with van der Waals surface area (Å²) in [6, 6.07) is 14.2. The summed E-state index contributed by atoms with van der Waals surface area (Å²) in [5, 5.41) is 2.63. The van der Waals surface area contributed by atoms with E-state index in [1.165, 1.54) is 31.2 Å². The van der Waals surface area contributed by atoms with E-state index in [1.807, 2.05) is 6.07 Å². The van der Waals surface area contributed by atoms with E-state index in [1.54, 1.807) is 31.2 Å². The van der Waals surface area contributed by atoms with Gasteiger partial charge in [-0.05, 0) is 37.3 Å². The average molecular weight is 376 g/mol. The zero-order valence-corrected chi connectivity index (χ0v) is 15.2. The summed E-state index contributed by atoms with van der Waals surface area (Å²) in [6.45, 7) is 3.33. The zero-order chi connectivity index (χ0) is 19.2. The van der Waals surface area contributed by atoms with Crippen molar-refractivity contribution in [3.05, 3.63) is 60.2 Å². The van der Waals surface area contributed by atoms with Gasteiger partial charge in [-0.15, -0.1) is 0 Å². The summed E-state index contributed by atoms with van der Waals surface area (Å²) in [7, 11) is -3.69. The van der Waals surface area contributed by atoms with E-state index < -0.39 is 28.0 Å². The summed E-state index contributed by atoms with van der Waals surface area (Å²) in [5.41, 5.74) is 0.627. The van der Waals surface area contributed by atoms with Crippen molar-refractivity contribution < 1.29 is 22.7 Å². The molecule has 7 nitrogen and oxygen atoms in total. The third-order valence-electron chi connectivity index (χ3n) is 3.41. The second kappa shape index (κ2) is 8.59. The third-order valence-corrected chi connectivity index (χ3v) is 4.95. The van der Waals surface area contributed by atoms with Crippen molar-refractivity contribution in [3.63, 3.8) is 0 Å². The molecule has 0 fully saturated rings. The molecule has 0 aliphatic carbocycles. The molecule has 1 atom stereocenters. The molecule has 2 N–H and O–H groups in total. The highest BCUT2D eigenvalue weighted by atomic mass is 32.2. The number of sulfonamides is 1. The number of ether oxygens (including phenoxy) is 1. The Kier molecular flexibility index (Phi) is 6.48. The van der Waals surface area contributed by atoms with Crippen LogP contribution in [0.2, 0.25) is 0 Å². The number of para-hydroxylation sites is 1. The second-order valence-corrected chi connectivity index (χ2v) is 7.20. The molecule has 0 radical (unpaired) electrons. The number of amides is 1. The lowest BCUT2D eigenvalue weighted by Crippen LogP contribution is -2.30. The van der Waals surface area contributed by atoms with Gasteiger partial charge in [-0.2, -0.15) is 0 Å². The van der Waals surface area contributed by atoms with Crippen LogP contribution in [0.25, 0.3) is 0 Å². The number of benzene rings is 2. The molecule has 0 bridgehead atoms. The molecule has 2 aromatic rings. The molecule has 0 unspecified atom stereocenters. The monoisotopic (exact) mass is 376 g/mol. The number of rotatable bonds is 7. The quantitative estimate of drug-likeness (QED) is 0.721. The van der Waals surface area contributed by atoms with Crippen molar-refractivity contribution in [2.75, 3.05) is 11.9 Å². The minimum Gasteiger partial charge on any atom is -0.449 e. The van der Waals surface area contributed by atoms with Crippen molar-refractivity contribution in [3.8, 4) is 0 Å². The topological polar surface area (TPSA) is 102 Å². The Morgan fingerprint density at radius 3 is 2.42 bits per heavy atom. The molecule has 8 heteroatoms. The summed E-state index contributed by atoms with van der Waals surface area (Å²) in [5.74, 6) is -1.27. The van der Waals surface area contributed by atoms with Gasteiger partial charge in [0, 0.05) is 12.2 Å². The van der Waals surface area contributed by atoms with E-state index in [0.717, 1.165) is 0 Å². The largest absolute Gasteiger partial charge is 0.449 e. The summed E-state index contributed by atoms with van der Waals surface area (Å²) < 4.78 is 31.5. The van der Waals surface area contributed by atoms with E-state index in [2.05, 4.69) is 10.0 Å². The van der Waals surface area contributed by atoms with Gasteiger partial charge in [-0.3, -0.25) is 4.79 Å². The first-order valence-electron chi connectivity index (χ1n) is 8.00. The van der Waals surface area contributed by atoms with Crippen LogP contribution >= 0.6 is 0 Å². The van der Waals surface area contributed by atoms with Crippen molar-refractivity contribution in [1.82, 2.24) is 4.72 Å². The van der Waals surface area contributed by atoms with E-state index in [-0.39, 0.29) is 17.0 Å². The highest BCUT2D eigenvalue weighted by molar-refractivity contribution is 7.89. The highest BCUT2D eigenvalue weighted by Gasteiger charge is 2.21. The lowest BCUT2D eigenvalue weighted by molar-refractivity contribution is -0.123. The Hall–Kier alpha value is -2.71. The lowest BCUT2D eigenvalue weighted by Gasteiger charge is -2.14. The van der Waals surface area contributed by atoms with Gasteiger partial charge < -0.3 is 10.1 Å². The zero-order valence-electron chi connectivity index (χ0n) is 14.4. The van der Waals surface area contributed by atoms with Crippen molar-refractivity contribution in [2.24, 2.45) is 0 Å². The fraction of sp³-hybridized carbons (Fsp3) is 0.222. The van der Waals surface area contributed by atoms with Crippen LogP contribution < -0.4 is 10.0 Å². The third kappa shape index (κ3) is 5.14. The van der Waals surface area contributed by atoms with Crippen LogP contribution in [0.1, 0.15) is 24.2 Å².